The smallest absolute Gasteiger partial charge is 0.343 e. The van der Waals surface area contributed by atoms with E-state index in [4.69, 9.17) is 67.5 Å². The second-order valence-corrected chi connectivity index (χ2v) is 7.75. The first kappa shape index (κ1) is 22.1. The Kier molecular flexibility index (Phi) is 7.66. The molecule has 0 aliphatic carbocycles. The van der Waals surface area contributed by atoms with Crippen molar-refractivity contribution in [3.63, 3.8) is 0 Å². The highest BCUT2D eigenvalue weighted by atomic mass is 35.5. The van der Waals surface area contributed by atoms with Gasteiger partial charge in [0, 0.05) is 0 Å². The number of carbonyl (C=O) groups is 2. The van der Waals surface area contributed by atoms with Crippen molar-refractivity contribution >= 4 is 69.9 Å². The SMILES string of the molecule is CC(C)COC(=O)c1cccc(C(=O)Oc2c(Cl)c(Cl)c(Cl)c(Cl)c2Cl)c1. The van der Waals surface area contributed by atoms with Gasteiger partial charge in [0.2, 0.25) is 0 Å². The van der Waals surface area contributed by atoms with Crippen molar-refractivity contribution in [1.29, 1.82) is 0 Å². The molecule has 0 saturated heterocycles. The Morgan fingerprint density at radius 2 is 1.33 bits per heavy atom. The van der Waals surface area contributed by atoms with E-state index in [1.54, 1.807) is 0 Å². The van der Waals surface area contributed by atoms with Crippen LogP contribution in [0.3, 0.4) is 0 Å². The topological polar surface area (TPSA) is 52.6 Å². The van der Waals surface area contributed by atoms with Crippen molar-refractivity contribution in [2.75, 3.05) is 6.61 Å². The van der Waals surface area contributed by atoms with E-state index in [9.17, 15) is 9.59 Å². The van der Waals surface area contributed by atoms with Gasteiger partial charge in [-0.1, -0.05) is 77.9 Å². The fourth-order valence-corrected chi connectivity index (χ4v) is 3.12. The van der Waals surface area contributed by atoms with Crippen molar-refractivity contribution in [3.05, 3.63) is 60.5 Å². The Hall–Kier alpha value is -1.17. The van der Waals surface area contributed by atoms with Crippen molar-refractivity contribution < 1.29 is 19.1 Å². The normalized spacial score (nSPS) is 10.8. The van der Waals surface area contributed by atoms with Crippen molar-refractivity contribution in [2.45, 2.75) is 13.8 Å². The standard InChI is InChI=1S/C18H13Cl5O4/c1-8(2)7-26-17(24)9-4-3-5-10(6-9)18(25)27-16-14(22)12(20)11(19)13(21)15(16)23/h3-6,8H,7H2,1-2H3. The van der Waals surface area contributed by atoms with E-state index < -0.39 is 11.9 Å². The molecule has 0 fully saturated rings. The second-order valence-electron chi connectivity index (χ2n) is 5.86. The van der Waals surface area contributed by atoms with Gasteiger partial charge in [-0.05, 0) is 24.1 Å². The molecule has 2 aromatic carbocycles. The maximum Gasteiger partial charge on any atom is 0.343 e. The molecule has 2 rings (SSSR count). The van der Waals surface area contributed by atoms with Gasteiger partial charge in [0.05, 0.1) is 32.8 Å². The second kappa shape index (κ2) is 9.35. The van der Waals surface area contributed by atoms with Crippen LogP contribution >= 0.6 is 58.0 Å². The number of benzene rings is 2. The molecule has 0 heterocycles. The summed E-state index contributed by atoms with van der Waals surface area (Å²) in [7, 11) is 0. The molecule has 0 saturated carbocycles. The zero-order chi connectivity index (χ0) is 20.3. The molecule has 9 heteroatoms. The predicted molar refractivity (Wildman–Crippen MR) is 108 cm³/mol. The van der Waals surface area contributed by atoms with Crippen molar-refractivity contribution in [3.8, 4) is 5.75 Å². The van der Waals surface area contributed by atoms with E-state index in [1.807, 2.05) is 13.8 Å². The van der Waals surface area contributed by atoms with Crippen LogP contribution in [-0.2, 0) is 4.74 Å². The molecule has 0 aliphatic rings. The maximum absolute atomic E-state index is 12.5. The van der Waals surface area contributed by atoms with Crippen LogP contribution in [0, 0.1) is 5.92 Å². The summed E-state index contributed by atoms with van der Waals surface area (Å²) in [5.74, 6) is -1.40. The highest BCUT2D eigenvalue weighted by Gasteiger charge is 2.23. The maximum atomic E-state index is 12.5. The van der Waals surface area contributed by atoms with Gasteiger partial charge in [0.25, 0.3) is 0 Å². The van der Waals surface area contributed by atoms with Gasteiger partial charge in [-0.15, -0.1) is 0 Å². The monoisotopic (exact) mass is 468 g/mol. The molecule has 0 atom stereocenters. The molecule has 0 aliphatic heterocycles. The molecular formula is C18H13Cl5O4. The van der Waals surface area contributed by atoms with Crippen LogP contribution in [0.25, 0.3) is 0 Å². The highest BCUT2D eigenvalue weighted by Crippen LogP contribution is 2.48. The molecule has 27 heavy (non-hydrogen) atoms. The summed E-state index contributed by atoms with van der Waals surface area (Å²) in [5, 5.41) is -0.556. The average molecular weight is 471 g/mol. The van der Waals surface area contributed by atoms with E-state index in [0.29, 0.717) is 0 Å². The summed E-state index contributed by atoms with van der Waals surface area (Å²) < 4.78 is 10.4. The Morgan fingerprint density at radius 3 is 1.85 bits per heavy atom. The third-order valence-electron chi connectivity index (χ3n) is 3.25. The minimum Gasteiger partial charge on any atom is -0.462 e. The number of hydrogen-bond donors (Lipinski definition) is 0. The number of halogens is 5. The predicted octanol–water partition coefficient (Wildman–Crippen LogP) is 6.99. The van der Waals surface area contributed by atoms with Crippen LogP contribution in [0.15, 0.2) is 24.3 Å². The van der Waals surface area contributed by atoms with Gasteiger partial charge in [0.1, 0.15) is 10.0 Å². The van der Waals surface area contributed by atoms with Crippen molar-refractivity contribution in [2.24, 2.45) is 5.92 Å². The first-order valence-electron chi connectivity index (χ1n) is 7.64. The van der Waals surface area contributed by atoms with Crippen LogP contribution in [0.2, 0.25) is 25.1 Å². The molecule has 0 spiro atoms. The fraction of sp³-hybridized carbons (Fsp3) is 0.222. The number of ether oxygens (including phenoxy) is 2. The summed E-state index contributed by atoms with van der Waals surface area (Å²) in [6, 6.07) is 5.84. The Balaban J connectivity index is 2.28. The summed E-state index contributed by atoms with van der Waals surface area (Å²) in [6.45, 7) is 4.09. The third kappa shape index (κ3) is 5.21. The van der Waals surface area contributed by atoms with Gasteiger partial charge in [-0.3, -0.25) is 0 Å². The van der Waals surface area contributed by atoms with Gasteiger partial charge in [-0.25, -0.2) is 9.59 Å². The first-order valence-corrected chi connectivity index (χ1v) is 9.53. The molecule has 0 bridgehead atoms. The number of rotatable bonds is 5. The molecule has 0 N–H and O–H groups in total. The molecule has 144 valence electrons. The first-order chi connectivity index (χ1) is 12.6. The van der Waals surface area contributed by atoms with Gasteiger partial charge < -0.3 is 9.47 Å². The lowest BCUT2D eigenvalue weighted by molar-refractivity contribution is 0.0459. The minimum atomic E-state index is -0.813. The third-order valence-corrected chi connectivity index (χ3v) is 5.49. The zero-order valence-electron chi connectivity index (χ0n) is 14.1. The van der Waals surface area contributed by atoms with Gasteiger partial charge in [0.15, 0.2) is 5.75 Å². The molecule has 0 aromatic heterocycles. The minimum absolute atomic E-state index is 0.0528. The number of esters is 2. The average Bonchev–Trinajstić information content (AvgIpc) is 2.66. The Morgan fingerprint density at radius 1 is 0.852 bits per heavy atom. The lowest BCUT2D eigenvalue weighted by Gasteiger charge is -2.13. The van der Waals surface area contributed by atoms with E-state index >= 15 is 0 Å². The molecular weight excluding hydrogens is 457 g/mol. The zero-order valence-corrected chi connectivity index (χ0v) is 17.9. The largest absolute Gasteiger partial charge is 0.462 e. The van der Waals surface area contributed by atoms with E-state index in [1.165, 1.54) is 24.3 Å². The van der Waals surface area contributed by atoms with Crippen LogP contribution in [-0.4, -0.2) is 18.5 Å². The molecule has 2 aromatic rings. The van der Waals surface area contributed by atoms with Crippen LogP contribution in [0.5, 0.6) is 5.75 Å². The number of hydrogen-bond acceptors (Lipinski definition) is 4. The quantitative estimate of drug-likeness (QED) is 0.205. The van der Waals surface area contributed by atoms with Crippen molar-refractivity contribution in [1.82, 2.24) is 0 Å². The Bertz CT molecular complexity index is 867. The molecule has 4 nitrogen and oxygen atoms in total. The number of carbonyl (C=O) groups excluding carboxylic acids is 2. The lowest BCUT2D eigenvalue weighted by atomic mass is 10.1. The molecule has 0 radical (unpaired) electrons. The Labute approximate surface area is 181 Å². The van der Waals surface area contributed by atoms with Gasteiger partial charge in [-0.2, -0.15) is 0 Å². The van der Waals surface area contributed by atoms with Gasteiger partial charge >= 0.3 is 11.9 Å². The van der Waals surface area contributed by atoms with E-state index in [0.717, 1.165) is 0 Å². The highest BCUT2D eigenvalue weighted by molar-refractivity contribution is 6.55. The van der Waals surface area contributed by atoms with E-state index in [2.05, 4.69) is 0 Å². The summed E-state index contributed by atoms with van der Waals surface area (Å²) in [5.41, 5.74) is 0.290. The fourth-order valence-electron chi connectivity index (χ4n) is 1.92. The van der Waals surface area contributed by atoms with Crippen LogP contribution in [0.1, 0.15) is 34.6 Å². The lowest BCUT2D eigenvalue weighted by Crippen LogP contribution is -2.13. The summed E-state index contributed by atoms with van der Waals surface area (Å²) >= 11 is 29.9. The van der Waals surface area contributed by atoms with Crippen LogP contribution in [0.4, 0.5) is 0 Å². The summed E-state index contributed by atoms with van der Waals surface area (Å²) in [4.78, 5) is 24.5. The molecule has 0 amide bonds. The van der Waals surface area contributed by atoms with E-state index in [-0.39, 0.29) is 54.5 Å². The van der Waals surface area contributed by atoms with Crippen LogP contribution < -0.4 is 4.74 Å². The summed E-state index contributed by atoms with van der Waals surface area (Å²) in [6.07, 6.45) is 0. The molecule has 0 unspecified atom stereocenters.